The van der Waals surface area contributed by atoms with Crippen LogP contribution in [0.3, 0.4) is 0 Å². The molecule has 1 amide bonds. The molecule has 2 rings (SSSR count). The lowest BCUT2D eigenvalue weighted by atomic mass is 10.2. The Kier molecular flexibility index (Phi) is 4.33. The summed E-state index contributed by atoms with van der Waals surface area (Å²) in [6, 6.07) is 5.16. The normalized spacial score (nSPS) is 18.4. The van der Waals surface area contributed by atoms with Gasteiger partial charge in [-0.25, -0.2) is 0 Å². The standard InChI is InChI=1S/C12H16N2O3S/c1-16-8-3-4-11(17-2)9(5-8)14-12(15)10-6-18-7-13-10/h3-5,10,13H,6-7H2,1-2H3,(H,14,15). The zero-order valence-electron chi connectivity index (χ0n) is 10.4. The topological polar surface area (TPSA) is 59.6 Å². The average Bonchev–Trinajstić information content (AvgIpc) is 2.92. The Morgan fingerprint density at radius 3 is 2.89 bits per heavy atom. The molecule has 98 valence electrons. The minimum absolute atomic E-state index is 0.0495. The highest BCUT2D eigenvalue weighted by Gasteiger charge is 2.23. The van der Waals surface area contributed by atoms with Gasteiger partial charge in [0.1, 0.15) is 11.5 Å². The van der Waals surface area contributed by atoms with Gasteiger partial charge < -0.3 is 14.8 Å². The van der Waals surface area contributed by atoms with Gasteiger partial charge in [-0.15, -0.1) is 11.8 Å². The van der Waals surface area contributed by atoms with E-state index >= 15 is 0 Å². The number of ether oxygens (including phenoxy) is 2. The Morgan fingerprint density at radius 1 is 1.44 bits per heavy atom. The van der Waals surface area contributed by atoms with Crippen LogP contribution < -0.4 is 20.1 Å². The van der Waals surface area contributed by atoms with Crippen LogP contribution >= 0.6 is 11.8 Å². The summed E-state index contributed by atoms with van der Waals surface area (Å²) in [5, 5.41) is 5.98. The molecule has 2 N–H and O–H groups in total. The summed E-state index contributed by atoms with van der Waals surface area (Å²) >= 11 is 1.71. The van der Waals surface area contributed by atoms with Gasteiger partial charge in [-0.2, -0.15) is 0 Å². The number of benzene rings is 1. The van der Waals surface area contributed by atoms with Gasteiger partial charge in [-0.05, 0) is 12.1 Å². The third-order valence-corrected chi connectivity index (χ3v) is 3.64. The van der Waals surface area contributed by atoms with E-state index in [9.17, 15) is 4.79 Å². The van der Waals surface area contributed by atoms with E-state index in [0.29, 0.717) is 17.2 Å². The summed E-state index contributed by atoms with van der Waals surface area (Å²) in [6.07, 6.45) is 0. The third kappa shape index (κ3) is 2.88. The maximum atomic E-state index is 12.0. The van der Waals surface area contributed by atoms with Gasteiger partial charge in [0.2, 0.25) is 5.91 Å². The Bertz CT molecular complexity index is 433. The van der Waals surface area contributed by atoms with E-state index in [-0.39, 0.29) is 11.9 Å². The summed E-state index contributed by atoms with van der Waals surface area (Å²) in [5.74, 6) is 2.85. The monoisotopic (exact) mass is 268 g/mol. The summed E-state index contributed by atoms with van der Waals surface area (Å²) in [5.41, 5.74) is 0.626. The maximum absolute atomic E-state index is 12.0. The van der Waals surface area contributed by atoms with E-state index in [1.165, 1.54) is 0 Å². The molecule has 6 heteroatoms. The van der Waals surface area contributed by atoms with Gasteiger partial charge in [0, 0.05) is 17.7 Å². The van der Waals surface area contributed by atoms with Crippen LogP contribution in [0.25, 0.3) is 0 Å². The van der Waals surface area contributed by atoms with Crippen LogP contribution in [0.15, 0.2) is 18.2 Å². The molecule has 0 aliphatic carbocycles. The van der Waals surface area contributed by atoms with Gasteiger partial charge in [-0.1, -0.05) is 0 Å². The first-order chi connectivity index (χ1) is 8.74. The number of carbonyl (C=O) groups excluding carboxylic acids is 1. The largest absolute Gasteiger partial charge is 0.497 e. The molecule has 0 aromatic heterocycles. The van der Waals surface area contributed by atoms with E-state index in [1.807, 2.05) is 0 Å². The Hall–Kier alpha value is -1.40. The smallest absolute Gasteiger partial charge is 0.242 e. The molecule has 0 saturated carbocycles. The van der Waals surface area contributed by atoms with Crippen LogP contribution in [-0.4, -0.2) is 37.8 Å². The fourth-order valence-electron chi connectivity index (χ4n) is 1.70. The van der Waals surface area contributed by atoms with Crippen LogP contribution in [0.1, 0.15) is 0 Å². The zero-order valence-corrected chi connectivity index (χ0v) is 11.2. The average molecular weight is 268 g/mol. The van der Waals surface area contributed by atoms with Crippen LogP contribution in [0, 0.1) is 0 Å². The number of hydrogen-bond acceptors (Lipinski definition) is 5. The van der Waals surface area contributed by atoms with Crippen LogP contribution in [0.5, 0.6) is 11.5 Å². The van der Waals surface area contributed by atoms with Crippen molar-refractivity contribution in [2.45, 2.75) is 6.04 Å². The van der Waals surface area contributed by atoms with E-state index in [0.717, 1.165) is 11.6 Å². The minimum Gasteiger partial charge on any atom is -0.497 e. The van der Waals surface area contributed by atoms with E-state index in [2.05, 4.69) is 10.6 Å². The molecule has 0 bridgehead atoms. The molecular weight excluding hydrogens is 252 g/mol. The molecule has 1 aliphatic heterocycles. The van der Waals surface area contributed by atoms with Crippen molar-refractivity contribution in [3.8, 4) is 11.5 Å². The second-order valence-electron chi connectivity index (χ2n) is 3.83. The predicted octanol–water partition coefficient (Wildman–Crippen LogP) is 1.30. The molecule has 1 aromatic carbocycles. The molecule has 1 aliphatic rings. The van der Waals surface area contributed by atoms with E-state index in [4.69, 9.17) is 9.47 Å². The lowest BCUT2D eigenvalue weighted by molar-refractivity contribution is -0.117. The highest BCUT2D eigenvalue weighted by molar-refractivity contribution is 7.99. The van der Waals surface area contributed by atoms with Crippen molar-refractivity contribution in [1.82, 2.24) is 5.32 Å². The number of thioether (sulfide) groups is 1. The molecule has 1 aromatic rings. The highest BCUT2D eigenvalue weighted by Crippen LogP contribution is 2.29. The molecule has 5 nitrogen and oxygen atoms in total. The van der Waals surface area contributed by atoms with Gasteiger partial charge in [0.15, 0.2) is 0 Å². The molecular formula is C12H16N2O3S. The van der Waals surface area contributed by atoms with Crippen molar-refractivity contribution in [3.63, 3.8) is 0 Å². The summed E-state index contributed by atoms with van der Waals surface area (Å²) in [7, 11) is 3.16. The SMILES string of the molecule is COc1ccc(OC)c(NC(=O)C2CSCN2)c1. The number of hydrogen-bond donors (Lipinski definition) is 2. The number of nitrogens with one attached hydrogen (secondary N) is 2. The Balaban J connectivity index is 2.13. The molecule has 1 saturated heterocycles. The lowest BCUT2D eigenvalue weighted by Gasteiger charge is -2.14. The van der Waals surface area contributed by atoms with Crippen LogP contribution in [0.4, 0.5) is 5.69 Å². The Labute approximate surface area is 110 Å². The first-order valence-corrected chi connectivity index (χ1v) is 6.74. The second kappa shape index (κ2) is 5.97. The fourth-order valence-corrected chi connectivity index (χ4v) is 2.64. The van der Waals surface area contributed by atoms with E-state index in [1.54, 1.807) is 44.2 Å². The molecule has 0 radical (unpaired) electrons. The van der Waals surface area contributed by atoms with Crippen molar-refractivity contribution in [2.75, 3.05) is 31.2 Å². The quantitative estimate of drug-likeness (QED) is 0.862. The Morgan fingerprint density at radius 2 is 2.28 bits per heavy atom. The van der Waals surface area contributed by atoms with E-state index < -0.39 is 0 Å². The molecule has 1 unspecified atom stereocenters. The van der Waals surface area contributed by atoms with Gasteiger partial charge in [0.05, 0.1) is 25.9 Å². The number of carbonyl (C=O) groups is 1. The van der Waals surface area contributed by atoms with Gasteiger partial charge in [0.25, 0.3) is 0 Å². The predicted molar refractivity (Wildman–Crippen MR) is 72.4 cm³/mol. The maximum Gasteiger partial charge on any atom is 0.242 e. The molecule has 1 fully saturated rings. The van der Waals surface area contributed by atoms with Crippen LogP contribution in [0.2, 0.25) is 0 Å². The third-order valence-electron chi connectivity index (χ3n) is 2.70. The summed E-state index contributed by atoms with van der Waals surface area (Å²) in [6.45, 7) is 0. The molecule has 0 spiro atoms. The van der Waals surface area contributed by atoms with Crippen molar-refractivity contribution >= 4 is 23.4 Å². The number of anilines is 1. The fraction of sp³-hybridized carbons (Fsp3) is 0.417. The van der Waals surface area contributed by atoms with Crippen molar-refractivity contribution in [2.24, 2.45) is 0 Å². The number of amides is 1. The first-order valence-electron chi connectivity index (χ1n) is 5.58. The molecule has 1 atom stereocenters. The van der Waals surface area contributed by atoms with Crippen molar-refractivity contribution < 1.29 is 14.3 Å². The summed E-state index contributed by atoms with van der Waals surface area (Å²) in [4.78, 5) is 12.0. The minimum atomic E-state index is -0.147. The van der Waals surface area contributed by atoms with Crippen LogP contribution in [-0.2, 0) is 4.79 Å². The van der Waals surface area contributed by atoms with Gasteiger partial charge >= 0.3 is 0 Å². The van der Waals surface area contributed by atoms with Crippen molar-refractivity contribution in [3.05, 3.63) is 18.2 Å². The lowest BCUT2D eigenvalue weighted by Crippen LogP contribution is -2.37. The first kappa shape index (κ1) is 13.0. The number of methoxy groups -OCH3 is 2. The molecule has 1 heterocycles. The van der Waals surface area contributed by atoms with Crippen molar-refractivity contribution in [1.29, 1.82) is 0 Å². The second-order valence-corrected chi connectivity index (χ2v) is 4.86. The highest BCUT2D eigenvalue weighted by atomic mass is 32.2. The zero-order chi connectivity index (χ0) is 13.0. The molecule has 18 heavy (non-hydrogen) atoms. The van der Waals surface area contributed by atoms with Gasteiger partial charge in [-0.3, -0.25) is 10.1 Å². The summed E-state index contributed by atoms with van der Waals surface area (Å²) < 4.78 is 10.3. The number of rotatable bonds is 4.